The first-order valence-electron chi connectivity index (χ1n) is 13.9. The van der Waals surface area contributed by atoms with Crippen molar-refractivity contribution in [2.75, 3.05) is 68.7 Å². The maximum absolute atomic E-state index is 12.3. The quantitative estimate of drug-likeness (QED) is 0.520. The second kappa shape index (κ2) is 11.8. The Hall–Kier alpha value is -3.38. The van der Waals surface area contributed by atoms with Crippen LogP contribution in [0.25, 0.3) is 10.8 Å². The summed E-state index contributed by atoms with van der Waals surface area (Å²) in [4.78, 5) is 24.1. The standard InChI is InChI=1S/C30H35N7O.ClH/c1-2-26(38)35-16-18-37(19-17-35)30-25(20-31)27-24(29(34-30)36-14-12-32-13-15-36)10-11-33-28(27)23-9-5-7-21-6-3-4-8-22(21)23;/h3-9,28,32-33H,2,10-19H2,1H3;1H. The molecule has 2 N–H and O–H groups in total. The summed E-state index contributed by atoms with van der Waals surface area (Å²) in [6.45, 7) is 9.07. The summed E-state index contributed by atoms with van der Waals surface area (Å²) in [5, 5.41) is 20.3. The monoisotopic (exact) mass is 545 g/mol. The van der Waals surface area contributed by atoms with Gasteiger partial charge in [0.25, 0.3) is 0 Å². The average Bonchev–Trinajstić information content (AvgIpc) is 2.99. The number of fused-ring (bicyclic) bond motifs is 2. The van der Waals surface area contributed by atoms with Crippen LogP contribution in [-0.4, -0.2) is 74.7 Å². The summed E-state index contributed by atoms with van der Waals surface area (Å²) in [6, 6.07) is 17.4. The number of carbonyl (C=O) groups excluding carboxylic acids is 1. The second-order valence-corrected chi connectivity index (χ2v) is 10.3. The molecule has 9 heteroatoms. The Morgan fingerprint density at radius 3 is 2.44 bits per heavy atom. The third kappa shape index (κ3) is 5.03. The van der Waals surface area contributed by atoms with Crippen molar-refractivity contribution in [3.8, 4) is 6.07 Å². The lowest BCUT2D eigenvalue weighted by Gasteiger charge is -2.39. The molecule has 1 aromatic heterocycles. The lowest BCUT2D eigenvalue weighted by molar-refractivity contribution is -0.131. The van der Waals surface area contributed by atoms with Crippen LogP contribution in [0.4, 0.5) is 11.6 Å². The van der Waals surface area contributed by atoms with E-state index in [2.05, 4.69) is 69.0 Å². The van der Waals surface area contributed by atoms with Gasteiger partial charge in [0.2, 0.25) is 5.91 Å². The molecule has 0 aliphatic carbocycles. The van der Waals surface area contributed by atoms with Crippen LogP contribution in [0.3, 0.4) is 0 Å². The van der Waals surface area contributed by atoms with E-state index in [-0.39, 0.29) is 24.4 Å². The third-order valence-corrected chi connectivity index (χ3v) is 8.21. The number of nitrogens with zero attached hydrogens (tertiary/aromatic N) is 5. The number of hydrogen-bond acceptors (Lipinski definition) is 7. The Labute approximate surface area is 236 Å². The van der Waals surface area contributed by atoms with Gasteiger partial charge in [0.05, 0.1) is 6.04 Å². The van der Waals surface area contributed by atoms with Gasteiger partial charge in [-0.25, -0.2) is 4.98 Å². The first-order chi connectivity index (χ1) is 18.7. The molecule has 2 aromatic carbocycles. The minimum absolute atomic E-state index is 0. The van der Waals surface area contributed by atoms with E-state index in [0.29, 0.717) is 38.2 Å². The predicted molar refractivity (Wildman–Crippen MR) is 158 cm³/mol. The number of anilines is 2. The van der Waals surface area contributed by atoms with Crippen LogP contribution in [0, 0.1) is 11.3 Å². The van der Waals surface area contributed by atoms with Crippen molar-refractivity contribution in [2.45, 2.75) is 25.8 Å². The van der Waals surface area contributed by atoms with Gasteiger partial charge in [-0.15, -0.1) is 12.4 Å². The molecule has 0 bridgehead atoms. The van der Waals surface area contributed by atoms with Crippen LogP contribution in [-0.2, 0) is 11.2 Å². The molecule has 2 fully saturated rings. The fourth-order valence-corrected chi connectivity index (χ4v) is 6.26. The molecule has 1 amide bonds. The van der Waals surface area contributed by atoms with E-state index >= 15 is 0 Å². The van der Waals surface area contributed by atoms with E-state index < -0.39 is 0 Å². The molecule has 4 heterocycles. The number of nitriles is 1. The van der Waals surface area contributed by atoms with Gasteiger partial charge in [0.15, 0.2) is 0 Å². The van der Waals surface area contributed by atoms with Crippen LogP contribution in [0.2, 0.25) is 0 Å². The van der Waals surface area contributed by atoms with Crippen LogP contribution >= 0.6 is 12.4 Å². The molecule has 0 spiro atoms. The van der Waals surface area contributed by atoms with Gasteiger partial charge in [0, 0.05) is 76.5 Å². The number of halogens is 1. The molecule has 1 unspecified atom stereocenters. The Morgan fingerprint density at radius 1 is 0.974 bits per heavy atom. The molecule has 204 valence electrons. The Kier molecular flexibility index (Phi) is 8.22. The molecule has 39 heavy (non-hydrogen) atoms. The van der Waals surface area contributed by atoms with Crippen LogP contribution < -0.4 is 20.4 Å². The number of hydrogen-bond donors (Lipinski definition) is 2. The molecular weight excluding hydrogens is 510 g/mol. The number of piperazine rings is 2. The molecule has 1 atom stereocenters. The van der Waals surface area contributed by atoms with E-state index in [1.54, 1.807) is 0 Å². The van der Waals surface area contributed by atoms with Crippen molar-refractivity contribution in [3.63, 3.8) is 0 Å². The normalized spacial score (nSPS) is 19.3. The van der Waals surface area contributed by atoms with Gasteiger partial charge in [-0.1, -0.05) is 49.4 Å². The van der Waals surface area contributed by atoms with Crippen molar-refractivity contribution in [2.24, 2.45) is 0 Å². The van der Waals surface area contributed by atoms with Crippen molar-refractivity contribution in [3.05, 3.63) is 64.7 Å². The smallest absolute Gasteiger partial charge is 0.222 e. The van der Waals surface area contributed by atoms with Gasteiger partial charge in [0.1, 0.15) is 23.3 Å². The lowest BCUT2D eigenvalue weighted by Crippen LogP contribution is -2.49. The fraction of sp³-hybridized carbons (Fsp3) is 0.433. The average molecular weight is 546 g/mol. The molecule has 3 aromatic rings. The Balaban J connectivity index is 0.00000308. The second-order valence-electron chi connectivity index (χ2n) is 10.3. The maximum atomic E-state index is 12.3. The molecule has 6 rings (SSSR count). The first kappa shape index (κ1) is 27.2. The van der Waals surface area contributed by atoms with Gasteiger partial charge in [-0.05, 0) is 22.8 Å². The maximum Gasteiger partial charge on any atom is 0.222 e. The third-order valence-electron chi connectivity index (χ3n) is 8.21. The number of pyridine rings is 1. The SMILES string of the molecule is CCC(=O)N1CCN(c2nc(N3CCNCC3)c3c(c2C#N)C(c2cccc4ccccc24)NCC3)CC1.Cl. The molecule has 2 saturated heterocycles. The van der Waals surface area contributed by atoms with Gasteiger partial charge >= 0.3 is 0 Å². The lowest BCUT2D eigenvalue weighted by atomic mass is 9.84. The highest BCUT2D eigenvalue weighted by molar-refractivity contribution is 5.87. The minimum Gasteiger partial charge on any atom is -0.354 e. The summed E-state index contributed by atoms with van der Waals surface area (Å²) >= 11 is 0. The first-order valence-corrected chi connectivity index (χ1v) is 13.9. The number of amides is 1. The van der Waals surface area contributed by atoms with E-state index in [9.17, 15) is 10.1 Å². The molecule has 3 aliphatic heterocycles. The van der Waals surface area contributed by atoms with Gasteiger partial charge in [-0.2, -0.15) is 5.26 Å². The summed E-state index contributed by atoms with van der Waals surface area (Å²) in [6.07, 6.45) is 1.36. The van der Waals surface area contributed by atoms with E-state index in [4.69, 9.17) is 4.98 Å². The summed E-state index contributed by atoms with van der Waals surface area (Å²) in [5.41, 5.74) is 4.13. The molecule has 0 radical (unpaired) electrons. The fourth-order valence-electron chi connectivity index (χ4n) is 6.26. The number of nitrogens with one attached hydrogen (secondary N) is 2. The minimum atomic E-state index is -0.0918. The van der Waals surface area contributed by atoms with Crippen molar-refractivity contribution in [1.82, 2.24) is 20.5 Å². The molecule has 8 nitrogen and oxygen atoms in total. The summed E-state index contributed by atoms with van der Waals surface area (Å²) < 4.78 is 0. The molecule has 0 saturated carbocycles. The van der Waals surface area contributed by atoms with Crippen LogP contribution in [0.5, 0.6) is 0 Å². The number of aromatic nitrogens is 1. The molecular formula is C30H36ClN7O. The summed E-state index contributed by atoms with van der Waals surface area (Å²) in [5.74, 6) is 1.97. The van der Waals surface area contributed by atoms with Crippen molar-refractivity contribution >= 4 is 40.7 Å². The van der Waals surface area contributed by atoms with Crippen LogP contribution in [0.1, 0.15) is 41.6 Å². The van der Waals surface area contributed by atoms with Crippen molar-refractivity contribution < 1.29 is 4.79 Å². The zero-order chi connectivity index (χ0) is 26.1. The highest BCUT2D eigenvalue weighted by atomic mass is 35.5. The number of carbonyl (C=O) groups is 1. The van der Waals surface area contributed by atoms with Gasteiger partial charge < -0.3 is 25.3 Å². The Bertz CT molecular complexity index is 1380. The number of rotatable bonds is 4. The van der Waals surface area contributed by atoms with Crippen molar-refractivity contribution in [1.29, 1.82) is 5.26 Å². The predicted octanol–water partition coefficient (Wildman–Crippen LogP) is 3.23. The summed E-state index contributed by atoms with van der Waals surface area (Å²) in [7, 11) is 0. The van der Waals surface area contributed by atoms with Gasteiger partial charge in [-0.3, -0.25) is 4.79 Å². The van der Waals surface area contributed by atoms with E-state index in [1.807, 2.05) is 11.8 Å². The number of benzene rings is 2. The largest absolute Gasteiger partial charge is 0.354 e. The highest BCUT2D eigenvalue weighted by Gasteiger charge is 2.34. The highest BCUT2D eigenvalue weighted by Crippen LogP contribution is 2.41. The topological polar surface area (TPSA) is 87.5 Å². The zero-order valence-electron chi connectivity index (χ0n) is 22.4. The Morgan fingerprint density at radius 2 is 1.69 bits per heavy atom. The van der Waals surface area contributed by atoms with E-state index in [1.165, 1.54) is 21.9 Å². The van der Waals surface area contributed by atoms with E-state index in [0.717, 1.165) is 56.3 Å². The zero-order valence-corrected chi connectivity index (χ0v) is 23.3. The van der Waals surface area contributed by atoms with Crippen LogP contribution in [0.15, 0.2) is 42.5 Å². The molecule has 3 aliphatic rings.